The Morgan fingerprint density at radius 1 is 1.00 bits per heavy atom. The molecule has 0 saturated heterocycles. The fourth-order valence-electron chi connectivity index (χ4n) is 2.07. The largest absolute Gasteiger partial charge is 0.370 e. The van der Waals surface area contributed by atoms with Crippen molar-refractivity contribution in [2.75, 3.05) is 6.61 Å². The molecule has 106 valence electrons. The van der Waals surface area contributed by atoms with Gasteiger partial charge in [0.15, 0.2) is 18.9 Å². The number of nitrogens with zero attached hydrogens (tertiary/aromatic N) is 1. The van der Waals surface area contributed by atoms with Crippen LogP contribution in [0, 0.1) is 0 Å². The summed E-state index contributed by atoms with van der Waals surface area (Å²) in [6.45, 7) is 9.00. The van der Waals surface area contributed by atoms with E-state index in [-0.39, 0.29) is 5.41 Å². The van der Waals surface area contributed by atoms with E-state index in [1.54, 1.807) is 0 Å². The summed E-state index contributed by atoms with van der Waals surface area (Å²) in [5.74, 6) is 0. The van der Waals surface area contributed by atoms with Gasteiger partial charge in [-0.05, 0) is 16.5 Å². The number of rotatable bonds is 5. The SMILES string of the molecule is CC(C)(C)c1cccc(COCC[n+]2ccccc2)c1. The molecule has 0 spiro atoms. The molecular weight excluding hydrogens is 246 g/mol. The zero-order chi connectivity index (χ0) is 14.4. The van der Waals surface area contributed by atoms with Crippen LogP contribution in [0.25, 0.3) is 0 Å². The molecule has 0 saturated carbocycles. The molecular formula is C18H24NO+. The van der Waals surface area contributed by atoms with Crippen molar-refractivity contribution in [1.82, 2.24) is 0 Å². The number of aromatic nitrogens is 1. The van der Waals surface area contributed by atoms with E-state index in [9.17, 15) is 0 Å². The Balaban J connectivity index is 1.83. The number of benzene rings is 1. The minimum absolute atomic E-state index is 0.190. The van der Waals surface area contributed by atoms with Gasteiger partial charge >= 0.3 is 0 Å². The second kappa shape index (κ2) is 6.67. The molecule has 0 bridgehead atoms. The molecule has 0 fully saturated rings. The second-order valence-corrected chi connectivity index (χ2v) is 6.12. The van der Waals surface area contributed by atoms with Gasteiger partial charge in [0, 0.05) is 12.1 Å². The summed E-state index contributed by atoms with van der Waals surface area (Å²) < 4.78 is 7.90. The second-order valence-electron chi connectivity index (χ2n) is 6.12. The summed E-state index contributed by atoms with van der Waals surface area (Å²) in [4.78, 5) is 0. The number of ether oxygens (including phenoxy) is 1. The van der Waals surface area contributed by atoms with Crippen molar-refractivity contribution in [3.05, 3.63) is 66.0 Å². The van der Waals surface area contributed by atoms with E-state index in [4.69, 9.17) is 4.74 Å². The lowest BCUT2D eigenvalue weighted by atomic mass is 9.86. The van der Waals surface area contributed by atoms with Gasteiger partial charge in [0.1, 0.15) is 6.61 Å². The Labute approximate surface area is 122 Å². The Kier molecular flexibility index (Phi) is 4.91. The van der Waals surface area contributed by atoms with Crippen molar-refractivity contribution in [2.45, 2.75) is 39.3 Å². The van der Waals surface area contributed by atoms with E-state index in [2.05, 4.69) is 62.0 Å². The molecule has 0 N–H and O–H groups in total. The zero-order valence-electron chi connectivity index (χ0n) is 12.7. The van der Waals surface area contributed by atoms with Crippen LogP contribution in [-0.4, -0.2) is 6.61 Å². The first-order valence-electron chi connectivity index (χ1n) is 7.17. The Morgan fingerprint density at radius 2 is 1.75 bits per heavy atom. The molecule has 2 rings (SSSR count). The van der Waals surface area contributed by atoms with Crippen LogP contribution in [0.3, 0.4) is 0 Å². The third kappa shape index (κ3) is 4.46. The van der Waals surface area contributed by atoms with Crippen LogP contribution in [0.1, 0.15) is 31.9 Å². The Bertz CT molecular complexity index is 529. The average Bonchev–Trinajstić information content (AvgIpc) is 2.44. The molecule has 2 nitrogen and oxygen atoms in total. The first-order valence-corrected chi connectivity index (χ1v) is 7.17. The molecule has 0 aliphatic rings. The molecule has 0 aliphatic carbocycles. The third-order valence-electron chi connectivity index (χ3n) is 3.33. The van der Waals surface area contributed by atoms with Gasteiger partial charge in [-0.1, -0.05) is 51.1 Å². The van der Waals surface area contributed by atoms with E-state index in [1.165, 1.54) is 11.1 Å². The van der Waals surface area contributed by atoms with Crippen molar-refractivity contribution in [3.63, 3.8) is 0 Å². The lowest BCUT2D eigenvalue weighted by Crippen LogP contribution is -2.34. The summed E-state index contributed by atoms with van der Waals surface area (Å²) in [5.41, 5.74) is 2.79. The van der Waals surface area contributed by atoms with Gasteiger partial charge in [0.05, 0.1) is 6.61 Å². The summed E-state index contributed by atoms with van der Waals surface area (Å²) in [6.07, 6.45) is 4.12. The highest BCUT2D eigenvalue weighted by atomic mass is 16.5. The Hall–Kier alpha value is -1.67. The van der Waals surface area contributed by atoms with Crippen molar-refractivity contribution < 1.29 is 9.30 Å². The molecule has 0 amide bonds. The van der Waals surface area contributed by atoms with Gasteiger partial charge in [-0.3, -0.25) is 0 Å². The predicted octanol–water partition coefficient (Wildman–Crippen LogP) is 3.49. The summed E-state index contributed by atoms with van der Waals surface area (Å²) in [6, 6.07) is 14.8. The van der Waals surface area contributed by atoms with Crippen LogP contribution in [0.2, 0.25) is 0 Å². The normalized spacial score (nSPS) is 11.6. The number of hydrogen-bond acceptors (Lipinski definition) is 1. The van der Waals surface area contributed by atoms with Crippen molar-refractivity contribution in [2.24, 2.45) is 0 Å². The fourth-order valence-corrected chi connectivity index (χ4v) is 2.07. The zero-order valence-corrected chi connectivity index (χ0v) is 12.7. The first-order chi connectivity index (χ1) is 9.55. The summed E-state index contributed by atoms with van der Waals surface area (Å²) in [7, 11) is 0. The molecule has 2 aromatic rings. The molecule has 0 unspecified atom stereocenters. The van der Waals surface area contributed by atoms with Crippen LogP contribution in [0.15, 0.2) is 54.9 Å². The summed E-state index contributed by atoms with van der Waals surface area (Å²) in [5, 5.41) is 0. The van der Waals surface area contributed by atoms with Gasteiger partial charge in [-0.2, -0.15) is 0 Å². The predicted molar refractivity (Wildman–Crippen MR) is 81.4 cm³/mol. The maximum Gasteiger partial charge on any atom is 0.171 e. The third-order valence-corrected chi connectivity index (χ3v) is 3.33. The highest BCUT2D eigenvalue weighted by Crippen LogP contribution is 2.22. The number of hydrogen-bond donors (Lipinski definition) is 0. The van der Waals surface area contributed by atoms with Gasteiger partial charge in [-0.25, -0.2) is 4.57 Å². The van der Waals surface area contributed by atoms with Crippen LogP contribution in [0.5, 0.6) is 0 Å². The van der Waals surface area contributed by atoms with Gasteiger partial charge in [-0.15, -0.1) is 0 Å². The van der Waals surface area contributed by atoms with E-state index in [1.807, 2.05) is 18.2 Å². The lowest BCUT2D eigenvalue weighted by Gasteiger charge is -2.19. The van der Waals surface area contributed by atoms with Gasteiger partial charge in [0.25, 0.3) is 0 Å². The number of pyridine rings is 1. The molecule has 0 radical (unpaired) electrons. The van der Waals surface area contributed by atoms with E-state index in [0.717, 1.165) is 13.2 Å². The van der Waals surface area contributed by atoms with Crippen LogP contribution >= 0.6 is 0 Å². The van der Waals surface area contributed by atoms with Crippen molar-refractivity contribution in [1.29, 1.82) is 0 Å². The maximum atomic E-state index is 5.77. The average molecular weight is 270 g/mol. The van der Waals surface area contributed by atoms with Gasteiger partial charge in [0.2, 0.25) is 0 Å². The lowest BCUT2D eigenvalue weighted by molar-refractivity contribution is -0.698. The quantitative estimate of drug-likeness (QED) is 0.599. The first kappa shape index (κ1) is 14.7. The smallest absolute Gasteiger partial charge is 0.171 e. The minimum atomic E-state index is 0.190. The van der Waals surface area contributed by atoms with Gasteiger partial charge < -0.3 is 4.74 Å². The molecule has 0 aliphatic heterocycles. The molecule has 2 heteroatoms. The maximum absolute atomic E-state index is 5.77. The van der Waals surface area contributed by atoms with Crippen molar-refractivity contribution in [3.8, 4) is 0 Å². The topological polar surface area (TPSA) is 13.1 Å². The highest BCUT2D eigenvalue weighted by Gasteiger charge is 2.13. The molecule has 1 heterocycles. The monoisotopic (exact) mass is 270 g/mol. The molecule has 1 aromatic heterocycles. The van der Waals surface area contributed by atoms with E-state index >= 15 is 0 Å². The van der Waals surface area contributed by atoms with Crippen LogP contribution < -0.4 is 4.57 Å². The van der Waals surface area contributed by atoms with Crippen molar-refractivity contribution >= 4 is 0 Å². The van der Waals surface area contributed by atoms with Crippen LogP contribution in [0.4, 0.5) is 0 Å². The van der Waals surface area contributed by atoms with E-state index in [0.29, 0.717) is 6.61 Å². The Morgan fingerprint density at radius 3 is 2.45 bits per heavy atom. The fraction of sp³-hybridized carbons (Fsp3) is 0.389. The van der Waals surface area contributed by atoms with Crippen LogP contribution in [-0.2, 0) is 23.3 Å². The molecule has 20 heavy (non-hydrogen) atoms. The summed E-state index contributed by atoms with van der Waals surface area (Å²) >= 11 is 0. The molecule has 1 aromatic carbocycles. The molecule has 0 atom stereocenters. The minimum Gasteiger partial charge on any atom is -0.370 e. The standard InChI is InChI=1S/C18H24NO/c1-18(2,3)17-9-7-8-16(14-17)15-20-13-12-19-10-5-4-6-11-19/h4-11,14H,12-13,15H2,1-3H3/q+1. The van der Waals surface area contributed by atoms with E-state index < -0.39 is 0 Å². The highest BCUT2D eigenvalue weighted by molar-refractivity contribution is 5.28.